The fourth-order valence-electron chi connectivity index (χ4n) is 5.92. The van der Waals surface area contributed by atoms with Crippen molar-refractivity contribution in [3.63, 3.8) is 0 Å². The Morgan fingerprint density at radius 3 is 2.12 bits per heavy atom. The Labute approximate surface area is 240 Å². The van der Waals surface area contributed by atoms with Gasteiger partial charge in [0.25, 0.3) is 0 Å². The van der Waals surface area contributed by atoms with Crippen LogP contribution in [-0.4, -0.2) is 59.3 Å². The van der Waals surface area contributed by atoms with Crippen LogP contribution in [0.3, 0.4) is 0 Å². The highest BCUT2D eigenvalue weighted by molar-refractivity contribution is 5.87. The van der Waals surface area contributed by atoms with Gasteiger partial charge < -0.3 is 20.5 Å². The molecule has 41 heavy (non-hydrogen) atoms. The normalized spacial score (nSPS) is 16.7. The maximum Gasteiger partial charge on any atom is 0.407 e. The molecule has 3 aromatic carbocycles. The van der Waals surface area contributed by atoms with Crippen molar-refractivity contribution in [3.8, 4) is 11.1 Å². The first-order chi connectivity index (χ1) is 19.8. The average Bonchev–Trinajstić information content (AvgIpc) is 3.30. The highest BCUT2D eigenvalue weighted by atomic mass is 16.5. The monoisotopic (exact) mass is 555 g/mol. The molecule has 3 aromatic rings. The number of nitrogens with zero attached hydrogens (tertiary/aromatic N) is 1. The van der Waals surface area contributed by atoms with Crippen LogP contribution in [0.1, 0.15) is 55.2 Å². The van der Waals surface area contributed by atoms with Gasteiger partial charge in [0.15, 0.2) is 0 Å². The number of rotatable bonds is 10. The molecule has 1 fully saturated rings. The SMILES string of the molecule is CC(CCC(=O)NC1(C(=O)O)CCN(Cc2ccccc2)CC1)NC(=O)OCC1c2ccccc2-c2ccccc21. The lowest BCUT2D eigenvalue weighted by molar-refractivity contribution is -0.150. The zero-order valence-corrected chi connectivity index (χ0v) is 23.3. The Morgan fingerprint density at radius 2 is 1.51 bits per heavy atom. The van der Waals surface area contributed by atoms with E-state index in [0.29, 0.717) is 32.4 Å². The number of piperidine rings is 1. The summed E-state index contributed by atoms with van der Waals surface area (Å²) in [5, 5.41) is 15.6. The minimum Gasteiger partial charge on any atom is -0.480 e. The minimum absolute atomic E-state index is 0.0273. The number of carboxylic acid groups (broad SMARTS) is 1. The number of amides is 2. The lowest BCUT2D eigenvalue weighted by Crippen LogP contribution is -2.60. The molecule has 0 bridgehead atoms. The summed E-state index contributed by atoms with van der Waals surface area (Å²) >= 11 is 0. The van der Waals surface area contributed by atoms with Crippen LogP contribution in [0.15, 0.2) is 78.9 Å². The van der Waals surface area contributed by atoms with Crippen molar-refractivity contribution in [1.29, 1.82) is 0 Å². The van der Waals surface area contributed by atoms with Crippen LogP contribution >= 0.6 is 0 Å². The van der Waals surface area contributed by atoms with E-state index >= 15 is 0 Å². The highest BCUT2D eigenvalue weighted by Crippen LogP contribution is 2.44. The van der Waals surface area contributed by atoms with Crippen molar-refractivity contribution in [2.75, 3.05) is 19.7 Å². The van der Waals surface area contributed by atoms with Gasteiger partial charge in [0.05, 0.1) is 0 Å². The van der Waals surface area contributed by atoms with Crippen molar-refractivity contribution < 1.29 is 24.2 Å². The van der Waals surface area contributed by atoms with Gasteiger partial charge in [0, 0.05) is 38.0 Å². The first-order valence-corrected chi connectivity index (χ1v) is 14.3. The predicted octanol–water partition coefficient (Wildman–Crippen LogP) is 4.93. The van der Waals surface area contributed by atoms with Crippen molar-refractivity contribution in [2.24, 2.45) is 0 Å². The maximum atomic E-state index is 12.8. The molecule has 8 heteroatoms. The van der Waals surface area contributed by atoms with E-state index < -0.39 is 17.6 Å². The molecule has 5 rings (SSSR count). The number of hydrogen-bond donors (Lipinski definition) is 3. The Morgan fingerprint density at radius 1 is 0.927 bits per heavy atom. The molecular weight excluding hydrogens is 518 g/mol. The number of carbonyl (C=O) groups excluding carboxylic acids is 2. The number of aliphatic carboxylic acids is 1. The van der Waals surface area contributed by atoms with E-state index in [1.807, 2.05) is 49.4 Å². The molecule has 2 aliphatic rings. The number of ether oxygens (including phenoxy) is 1. The van der Waals surface area contributed by atoms with Crippen molar-refractivity contribution in [2.45, 2.75) is 56.7 Å². The second-order valence-corrected chi connectivity index (χ2v) is 11.1. The van der Waals surface area contributed by atoms with Crippen LogP contribution in [0.5, 0.6) is 0 Å². The Kier molecular flexibility index (Phi) is 8.69. The summed E-state index contributed by atoms with van der Waals surface area (Å²) in [7, 11) is 0. The molecule has 0 aromatic heterocycles. The topological polar surface area (TPSA) is 108 Å². The summed E-state index contributed by atoms with van der Waals surface area (Å²) in [6.45, 7) is 3.95. The molecule has 1 unspecified atom stereocenters. The van der Waals surface area contributed by atoms with E-state index in [0.717, 1.165) is 28.8 Å². The first kappa shape index (κ1) is 28.4. The number of nitrogens with one attached hydrogen (secondary N) is 2. The summed E-state index contributed by atoms with van der Waals surface area (Å²) < 4.78 is 5.61. The largest absolute Gasteiger partial charge is 0.480 e. The molecule has 1 heterocycles. The van der Waals surface area contributed by atoms with Crippen LogP contribution in [0.4, 0.5) is 4.79 Å². The molecule has 0 spiro atoms. The molecule has 2 amide bonds. The molecule has 0 radical (unpaired) electrons. The van der Waals surface area contributed by atoms with Gasteiger partial charge >= 0.3 is 12.1 Å². The second kappa shape index (κ2) is 12.6. The third-order valence-electron chi connectivity index (χ3n) is 8.26. The Balaban J connectivity index is 1.07. The molecule has 8 nitrogen and oxygen atoms in total. The number of benzene rings is 3. The molecule has 3 N–H and O–H groups in total. The average molecular weight is 556 g/mol. The van der Waals surface area contributed by atoms with Crippen molar-refractivity contribution >= 4 is 18.0 Å². The Hall–Kier alpha value is -4.17. The summed E-state index contributed by atoms with van der Waals surface area (Å²) in [4.78, 5) is 39.8. The number of hydrogen-bond acceptors (Lipinski definition) is 5. The van der Waals surface area contributed by atoms with Crippen LogP contribution < -0.4 is 10.6 Å². The Bertz CT molecular complexity index is 1340. The van der Waals surface area contributed by atoms with E-state index in [4.69, 9.17) is 4.74 Å². The fraction of sp³-hybridized carbons (Fsp3) is 0.364. The minimum atomic E-state index is -1.27. The zero-order chi connectivity index (χ0) is 28.8. The van der Waals surface area contributed by atoms with Gasteiger partial charge in [0.2, 0.25) is 5.91 Å². The number of carbonyl (C=O) groups is 3. The van der Waals surface area contributed by atoms with Crippen LogP contribution in [0.25, 0.3) is 11.1 Å². The van der Waals surface area contributed by atoms with E-state index in [-0.39, 0.29) is 30.9 Å². The number of likely N-dealkylation sites (tertiary alicyclic amines) is 1. The molecule has 214 valence electrons. The highest BCUT2D eigenvalue weighted by Gasteiger charge is 2.42. The molecule has 1 saturated heterocycles. The van der Waals surface area contributed by atoms with Crippen LogP contribution in [0, 0.1) is 0 Å². The number of alkyl carbamates (subject to hydrolysis) is 1. The summed E-state index contributed by atoms with van der Waals surface area (Å²) in [6, 6.07) is 26.1. The fourth-order valence-corrected chi connectivity index (χ4v) is 5.92. The van der Waals surface area contributed by atoms with Crippen molar-refractivity contribution in [1.82, 2.24) is 15.5 Å². The maximum absolute atomic E-state index is 12.8. The molecule has 1 atom stereocenters. The van der Waals surface area contributed by atoms with Gasteiger partial charge in [-0.1, -0.05) is 78.9 Å². The summed E-state index contributed by atoms with van der Waals surface area (Å²) in [5.41, 5.74) is 4.52. The van der Waals surface area contributed by atoms with Crippen molar-refractivity contribution in [3.05, 3.63) is 95.6 Å². The van der Waals surface area contributed by atoms with Gasteiger partial charge in [-0.25, -0.2) is 9.59 Å². The molecular formula is C33H37N3O5. The number of carboxylic acids is 1. The van der Waals surface area contributed by atoms with E-state index in [9.17, 15) is 19.5 Å². The summed E-state index contributed by atoms with van der Waals surface area (Å²) in [6.07, 6.45) is 0.620. The summed E-state index contributed by atoms with van der Waals surface area (Å²) in [5.74, 6) is -1.36. The van der Waals surface area contributed by atoms with Gasteiger partial charge in [0.1, 0.15) is 12.1 Å². The van der Waals surface area contributed by atoms with Gasteiger partial charge in [-0.2, -0.15) is 0 Å². The second-order valence-electron chi connectivity index (χ2n) is 11.1. The number of fused-ring (bicyclic) bond motifs is 3. The van der Waals surface area contributed by atoms with Crippen LogP contribution in [-0.2, 0) is 20.9 Å². The third kappa shape index (κ3) is 6.60. The standard InChI is InChI=1S/C33H37N3O5/c1-23(34-32(40)41-22-29-27-13-7-5-11-25(27)26-12-6-8-14-28(26)29)15-16-30(37)35-33(31(38)39)17-19-36(20-18-33)21-24-9-3-2-4-10-24/h2-14,23,29H,15-22H2,1H3,(H,34,40)(H,35,37)(H,38,39). The van der Waals surface area contributed by atoms with Gasteiger partial charge in [-0.15, -0.1) is 0 Å². The van der Waals surface area contributed by atoms with E-state index in [1.54, 1.807) is 0 Å². The molecule has 1 aliphatic heterocycles. The lowest BCUT2D eigenvalue weighted by atomic mass is 9.87. The van der Waals surface area contributed by atoms with Gasteiger partial charge in [-0.05, 0) is 54.0 Å². The quantitative estimate of drug-likeness (QED) is 0.328. The smallest absolute Gasteiger partial charge is 0.407 e. The predicted molar refractivity (Wildman–Crippen MR) is 156 cm³/mol. The molecule has 1 aliphatic carbocycles. The molecule has 0 saturated carbocycles. The first-order valence-electron chi connectivity index (χ1n) is 14.3. The van der Waals surface area contributed by atoms with E-state index in [2.05, 4.69) is 51.9 Å². The van der Waals surface area contributed by atoms with Gasteiger partial charge in [-0.3, -0.25) is 9.69 Å². The lowest BCUT2D eigenvalue weighted by Gasteiger charge is -2.39. The van der Waals surface area contributed by atoms with Crippen LogP contribution in [0.2, 0.25) is 0 Å². The zero-order valence-electron chi connectivity index (χ0n) is 23.3. The van der Waals surface area contributed by atoms with E-state index in [1.165, 1.54) is 5.56 Å². The third-order valence-corrected chi connectivity index (χ3v) is 8.26.